The van der Waals surface area contributed by atoms with Crippen LogP contribution in [-0.4, -0.2) is 240 Å². The maximum absolute atomic E-state index is 15.1. The van der Waals surface area contributed by atoms with Crippen molar-refractivity contribution in [1.29, 1.82) is 0 Å². The number of nitrogens with one attached hydrogen (secondary N) is 15. The van der Waals surface area contributed by atoms with Crippen LogP contribution in [0.3, 0.4) is 0 Å². The number of rotatable bonds is 27. The third kappa shape index (κ3) is 30.0. The van der Waals surface area contributed by atoms with E-state index in [9.17, 15) is 82.4 Å². The normalized spacial score (nSPS) is 22.1. The van der Waals surface area contributed by atoms with Gasteiger partial charge >= 0.3 is 11.9 Å². The second kappa shape index (κ2) is 46.3. The van der Waals surface area contributed by atoms with Crippen molar-refractivity contribution in [2.45, 2.75) is 185 Å². The molecule has 42 heteroatoms. The molecule has 2 aromatic heterocycles. The molecule has 6 rings (SSSR count). The molecule has 0 spiro atoms. The van der Waals surface area contributed by atoms with E-state index in [0.717, 1.165) is 35.4 Å². The number of para-hydroxylation sites is 1. The number of nitrogens with zero attached hydrogens (tertiary/aromatic N) is 2. The molecule has 5 aromatic rings. The molecule has 1 saturated heterocycles. The smallest absolute Gasteiger partial charge is 0.328 e. The number of hydrogen-bond acceptors (Lipinski definition) is 22. The molecule has 0 radical (unpaired) electrons. The van der Waals surface area contributed by atoms with Gasteiger partial charge in [0.2, 0.25) is 82.7 Å². The zero-order valence-corrected chi connectivity index (χ0v) is 67.4. The second-order valence-electron chi connectivity index (χ2n) is 28.4. The molecule has 3 heterocycles. The average molecular weight is 1680 g/mol. The van der Waals surface area contributed by atoms with Gasteiger partial charge in [0.1, 0.15) is 66.5 Å². The van der Waals surface area contributed by atoms with Crippen LogP contribution in [-0.2, 0) is 96.0 Å². The summed E-state index contributed by atoms with van der Waals surface area (Å²) >= 11 is 0. The van der Waals surface area contributed by atoms with E-state index in [-0.39, 0.29) is 60.8 Å². The maximum Gasteiger partial charge on any atom is 0.328 e. The van der Waals surface area contributed by atoms with E-state index < -0.39 is 229 Å². The highest BCUT2D eigenvalue weighted by molar-refractivity contribution is 8.76. The highest BCUT2D eigenvalue weighted by Crippen LogP contribution is 2.25. The van der Waals surface area contributed by atoms with Crippen molar-refractivity contribution in [3.63, 3.8) is 0 Å². The number of aliphatic hydroxyl groups is 1. The number of carbonyl (C=O) groups excluding carboxylic acids is 15. The van der Waals surface area contributed by atoms with E-state index in [1.165, 1.54) is 63.8 Å². The number of guanidine groups is 1. The molecule has 0 unspecified atom stereocenters. The van der Waals surface area contributed by atoms with Crippen LogP contribution in [0.25, 0.3) is 10.9 Å². The monoisotopic (exact) mass is 1680 g/mol. The fraction of sp³-hybridized carbons (Fsp3) is 0.461. The predicted octanol–water partition coefficient (Wildman–Crippen LogP) is -3.52. The molecule has 14 amide bonds. The number of carbonyl (C=O) groups is 17. The summed E-state index contributed by atoms with van der Waals surface area (Å²) in [5.74, 6) is -21.4. The van der Waals surface area contributed by atoms with E-state index in [4.69, 9.17) is 17.2 Å². The first-order valence-corrected chi connectivity index (χ1v) is 40.2. The summed E-state index contributed by atoms with van der Waals surface area (Å²) in [7, 11) is 1.56. The van der Waals surface area contributed by atoms with Gasteiger partial charge in [0.05, 0.1) is 31.1 Å². The molecule has 40 nitrogen and oxygen atoms in total. The number of nitrogens with two attached hydrogens (primary N) is 3. The SMILES string of the molecule is CC[C@H](C)[C@H](NC(C)=O)C(=O)N[C@H]1CSSC[C@@H](C(=O)N[C@H](C(=O)O)[C@@H](C)O)NC(=O)[C@H](CCCN=C(N)N)NC(=O)[C@@H](Cc2c[nH]cn2)NC(=O)[C@H](C)NC(=O)CNC(=O)[C@H](Cc2c[nH]c3ccccc23)NC(=O)[C@H](CC(=O)O)NC(=O)[C@H](CCC(N)=O)NC(=O)[C@H](Cc2ccc(C(=O)c3ccccc3)cc2)NC(=O)[C@H](C(C)C)NC1=O. The Bertz CT molecular complexity index is 4430. The zero-order valence-electron chi connectivity index (χ0n) is 65.8. The average Bonchev–Trinajstić information content (AvgIpc) is 1.63. The molecule has 638 valence electrons. The molecular formula is C76H102N20O20S2. The van der Waals surface area contributed by atoms with Crippen LogP contribution in [0, 0.1) is 11.8 Å². The molecule has 24 N–H and O–H groups in total. The van der Waals surface area contributed by atoms with Crippen molar-refractivity contribution in [3.05, 3.63) is 126 Å². The minimum Gasteiger partial charge on any atom is -0.481 e. The Morgan fingerprint density at radius 2 is 1.19 bits per heavy atom. The van der Waals surface area contributed by atoms with E-state index in [2.05, 4.69) is 89.1 Å². The number of hydrogen-bond donors (Lipinski definition) is 21. The number of carboxylic acids is 2. The summed E-state index contributed by atoms with van der Waals surface area (Å²) in [6, 6.07) is 0.156. The number of aliphatic hydroxyl groups excluding tert-OH is 1. The van der Waals surface area contributed by atoms with E-state index in [1.807, 2.05) is 0 Å². The van der Waals surface area contributed by atoms with Crippen molar-refractivity contribution in [3.8, 4) is 0 Å². The minimum atomic E-state index is -2.09. The number of fused-ring (bicyclic) bond motifs is 1. The first-order chi connectivity index (χ1) is 55.9. The van der Waals surface area contributed by atoms with Gasteiger partial charge in [0, 0.05) is 85.1 Å². The number of aromatic nitrogens is 3. The summed E-state index contributed by atoms with van der Waals surface area (Å²) in [5, 5.41) is 63.6. The molecule has 0 bridgehead atoms. The number of ketones is 1. The largest absolute Gasteiger partial charge is 0.481 e. The van der Waals surface area contributed by atoms with Crippen molar-refractivity contribution in [1.82, 2.24) is 84.1 Å². The maximum atomic E-state index is 15.1. The van der Waals surface area contributed by atoms with Crippen LogP contribution in [0.15, 0.2) is 103 Å². The van der Waals surface area contributed by atoms with Crippen LogP contribution in [0.4, 0.5) is 0 Å². The Morgan fingerprint density at radius 1 is 0.610 bits per heavy atom. The Kier molecular flexibility index (Phi) is 37.0. The molecule has 118 heavy (non-hydrogen) atoms. The van der Waals surface area contributed by atoms with Gasteiger partial charge in [-0.3, -0.25) is 81.7 Å². The fourth-order valence-electron chi connectivity index (χ4n) is 12.0. The second-order valence-corrected chi connectivity index (χ2v) is 31.0. The Hall–Kier alpha value is -12.5. The quantitative estimate of drug-likeness (QED) is 0.00797. The molecule has 1 fully saturated rings. The lowest BCUT2D eigenvalue weighted by Gasteiger charge is -2.29. The lowest BCUT2D eigenvalue weighted by atomic mass is 9.97. The summed E-state index contributed by atoms with van der Waals surface area (Å²) in [6.45, 7) is 8.77. The summed E-state index contributed by atoms with van der Waals surface area (Å²) in [5.41, 5.74) is 18.8. The topological polar surface area (TPSA) is 642 Å². The third-order valence-electron chi connectivity index (χ3n) is 18.7. The van der Waals surface area contributed by atoms with Crippen molar-refractivity contribution in [2.75, 3.05) is 24.6 Å². The Labute approximate surface area is 685 Å². The Morgan fingerprint density at radius 3 is 1.80 bits per heavy atom. The molecule has 1 aliphatic rings. The summed E-state index contributed by atoms with van der Waals surface area (Å²) < 4.78 is 0. The fourth-order valence-corrected chi connectivity index (χ4v) is 14.4. The number of carboxylic acid groups (broad SMARTS) is 2. The number of aliphatic imine (C=N–C) groups is 1. The van der Waals surface area contributed by atoms with Gasteiger partial charge in [-0.05, 0) is 62.1 Å². The van der Waals surface area contributed by atoms with Crippen molar-refractivity contribution in [2.24, 2.45) is 34.0 Å². The molecule has 0 saturated carbocycles. The molecule has 3 aromatic carbocycles. The van der Waals surface area contributed by atoms with E-state index in [1.54, 1.807) is 68.4 Å². The van der Waals surface area contributed by atoms with Crippen LogP contribution in [0.2, 0.25) is 0 Å². The number of H-pyrrole nitrogens is 2. The predicted molar refractivity (Wildman–Crippen MR) is 431 cm³/mol. The van der Waals surface area contributed by atoms with Gasteiger partial charge < -0.3 is 112 Å². The van der Waals surface area contributed by atoms with Gasteiger partial charge in [-0.2, -0.15) is 0 Å². The van der Waals surface area contributed by atoms with Crippen LogP contribution >= 0.6 is 21.6 Å². The first kappa shape index (κ1) is 94.4. The number of aromatic amines is 2. The highest BCUT2D eigenvalue weighted by Gasteiger charge is 2.39. The van der Waals surface area contributed by atoms with Crippen LogP contribution in [0.1, 0.15) is 120 Å². The molecule has 1 aliphatic heterocycles. The lowest BCUT2D eigenvalue weighted by molar-refractivity contribution is -0.145. The highest BCUT2D eigenvalue weighted by atomic mass is 33.1. The first-order valence-electron chi connectivity index (χ1n) is 37.7. The minimum absolute atomic E-state index is 0.0465. The number of aliphatic carboxylic acids is 2. The van der Waals surface area contributed by atoms with Gasteiger partial charge in [0.25, 0.3) is 0 Å². The number of benzene rings is 3. The van der Waals surface area contributed by atoms with E-state index in [0.29, 0.717) is 28.5 Å². The van der Waals surface area contributed by atoms with E-state index >= 15 is 14.4 Å². The summed E-state index contributed by atoms with van der Waals surface area (Å²) in [4.78, 5) is 253. The number of amides is 14. The Balaban J connectivity index is 1.49. The molecular weight excluding hydrogens is 1580 g/mol. The van der Waals surface area contributed by atoms with Gasteiger partial charge in [-0.1, -0.05) is 128 Å². The molecule has 0 aliphatic carbocycles. The van der Waals surface area contributed by atoms with Gasteiger partial charge in [0.15, 0.2) is 17.8 Å². The zero-order chi connectivity index (χ0) is 87.0. The van der Waals surface area contributed by atoms with Crippen LogP contribution < -0.4 is 86.3 Å². The van der Waals surface area contributed by atoms with Gasteiger partial charge in [-0.25, -0.2) is 9.78 Å². The number of imidazole rings is 1. The van der Waals surface area contributed by atoms with Gasteiger partial charge in [-0.15, -0.1) is 0 Å². The van der Waals surface area contributed by atoms with Crippen molar-refractivity contribution >= 4 is 139 Å². The summed E-state index contributed by atoms with van der Waals surface area (Å²) in [6.07, 6.45) is -1.24. The lowest BCUT2D eigenvalue weighted by Crippen LogP contribution is -2.61. The van der Waals surface area contributed by atoms with Crippen molar-refractivity contribution < 1.29 is 96.8 Å². The third-order valence-corrected chi connectivity index (χ3v) is 21.1. The molecule has 14 atom stereocenters. The standard InChI is InChI=1S/C76H102N20O20S2/c1-8-38(4)61(86-41(7)98)74(114)94-56-35-118-117-34-55(72(112)96-62(40(6)97)75(115)116)93-66(106)49(19-14-26-81-76(78)79)87-69(109)53(29-46-32-80-36-84-46)89-64(104)39(5)85-58(100)33-83-65(105)52(28-45-31-82-48-18-13-12-17-47(45)48)90-70(110)54(30-59(101)102)91-67(107)50(24-25-57(77)99)88-68(108)51(92-73(113)60(37(2)3)95-71(56)111)27-42-20-22-44(23-21-42)63(103)43-15-10-9-11-16-43/h9-13,15-18,20-23,31-32,36-40,49-56,60-62,82,97H,8,14,19,24-30,33-35H2,1-7H3,(H2,77,99)(H,80,84)(H,83,105)(H,85,100)(H,86,98)(H,87,109)(H,88,108)(H,89,104)(H,90,110)(H,91,107)(H,92,113)(H,93,106)(H,94,114)(H,95,111)(H,96,112)(H,101,102)(H,115,116)(H4,78,79,81)/t38-,39-,40+,49-,50-,51-,52-,53+,54-,55-,56-,60-,61-,62-/m0/s1. The van der Waals surface area contributed by atoms with Crippen LogP contribution in [0.5, 0.6) is 0 Å². The number of primary amides is 1.